The summed E-state index contributed by atoms with van der Waals surface area (Å²) in [5.41, 5.74) is 0.696. The van der Waals surface area contributed by atoms with Gasteiger partial charge in [-0.1, -0.05) is 12.1 Å². The largest absolute Gasteiger partial charge is 0.396 e. The summed E-state index contributed by atoms with van der Waals surface area (Å²) in [6.45, 7) is 3.43. The number of aliphatic hydroxyl groups is 2. The first-order valence-electron chi connectivity index (χ1n) is 4.11. The lowest BCUT2D eigenvalue weighted by atomic mass is 9.98. The van der Waals surface area contributed by atoms with Crippen molar-refractivity contribution in [3.8, 4) is 0 Å². The van der Waals surface area contributed by atoms with Crippen LogP contribution in [0.3, 0.4) is 0 Å². The smallest absolute Gasteiger partial charge is 0.0889 e. The van der Waals surface area contributed by atoms with Crippen molar-refractivity contribution in [2.75, 3.05) is 6.61 Å². The van der Waals surface area contributed by atoms with Gasteiger partial charge in [-0.3, -0.25) is 4.98 Å². The number of nitrogens with zero attached hydrogens (tertiary/aromatic N) is 1. The highest BCUT2D eigenvalue weighted by Gasteiger charge is 2.16. The Kier molecular flexibility index (Phi) is 3.61. The Balaban J connectivity index is 2.77. The summed E-state index contributed by atoms with van der Waals surface area (Å²) in [6.07, 6.45) is 4.03. The van der Waals surface area contributed by atoms with Crippen LogP contribution in [0.2, 0.25) is 0 Å². The summed E-state index contributed by atoms with van der Waals surface area (Å²) in [7, 11) is 0. The van der Waals surface area contributed by atoms with Gasteiger partial charge in [-0.05, 0) is 11.6 Å². The lowest BCUT2D eigenvalue weighted by molar-refractivity contribution is 0.0918. The molecule has 3 heteroatoms. The Morgan fingerprint density at radius 2 is 2.38 bits per heavy atom. The van der Waals surface area contributed by atoms with Crippen LogP contribution in [0, 0.1) is 5.92 Å². The minimum atomic E-state index is -0.726. The van der Waals surface area contributed by atoms with Crippen LogP contribution < -0.4 is 0 Å². The Labute approximate surface area is 77.4 Å². The van der Waals surface area contributed by atoms with E-state index in [0.29, 0.717) is 5.56 Å². The van der Waals surface area contributed by atoms with E-state index >= 15 is 0 Å². The zero-order valence-corrected chi connectivity index (χ0v) is 7.30. The lowest BCUT2D eigenvalue weighted by Gasteiger charge is -2.16. The number of pyridine rings is 1. The maximum absolute atomic E-state index is 9.71. The van der Waals surface area contributed by atoms with E-state index < -0.39 is 6.10 Å². The van der Waals surface area contributed by atoms with Crippen LogP contribution in [0.4, 0.5) is 0 Å². The van der Waals surface area contributed by atoms with Crippen LogP contribution >= 0.6 is 0 Å². The zero-order chi connectivity index (χ0) is 9.68. The van der Waals surface area contributed by atoms with Crippen molar-refractivity contribution in [2.45, 2.75) is 6.10 Å². The molecule has 13 heavy (non-hydrogen) atoms. The van der Waals surface area contributed by atoms with Crippen molar-refractivity contribution in [2.24, 2.45) is 5.92 Å². The molecule has 0 aromatic carbocycles. The predicted molar refractivity (Wildman–Crippen MR) is 50.0 cm³/mol. The fourth-order valence-electron chi connectivity index (χ4n) is 1.10. The van der Waals surface area contributed by atoms with Crippen molar-refractivity contribution in [1.82, 2.24) is 4.98 Å². The van der Waals surface area contributed by atoms with Gasteiger partial charge >= 0.3 is 0 Å². The SMILES string of the molecule is C=C[C@@H](CO)[C@H](O)c1cccnc1. The van der Waals surface area contributed by atoms with E-state index in [1.807, 2.05) is 0 Å². The molecular formula is C10H13NO2. The average Bonchev–Trinajstić information content (AvgIpc) is 2.21. The Morgan fingerprint density at radius 3 is 2.85 bits per heavy atom. The third kappa shape index (κ3) is 2.37. The summed E-state index contributed by atoms with van der Waals surface area (Å²) in [5, 5.41) is 18.6. The first kappa shape index (κ1) is 9.89. The second-order valence-corrected chi connectivity index (χ2v) is 2.81. The molecule has 1 heterocycles. The van der Waals surface area contributed by atoms with Crippen LogP contribution in [0.5, 0.6) is 0 Å². The second-order valence-electron chi connectivity index (χ2n) is 2.81. The zero-order valence-electron chi connectivity index (χ0n) is 7.30. The molecule has 2 N–H and O–H groups in total. The third-order valence-electron chi connectivity index (χ3n) is 1.95. The van der Waals surface area contributed by atoms with Crippen molar-refractivity contribution < 1.29 is 10.2 Å². The highest BCUT2D eigenvalue weighted by molar-refractivity contribution is 5.14. The molecule has 0 aliphatic carbocycles. The van der Waals surface area contributed by atoms with Crippen LogP contribution in [-0.2, 0) is 0 Å². The number of aliphatic hydroxyl groups excluding tert-OH is 2. The van der Waals surface area contributed by atoms with Crippen LogP contribution in [0.25, 0.3) is 0 Å². The Morgan fingerprint density at radius 1 is 1.62 bits per heavy atom. The monoisotopic (exact) mass is 179 g/mol. The fourth-order valence-corrected chi connectivity index (χ4v) is 1.10. The number of hydrogen-bond donors (Lipinski definition) is 2. The highest BCUT2D eigenvalue weighted by Crippen LogP contribution is 2.21. The van der Waals surface area contributed by atoms with Crippen molar-refractivity contribution in [3.05, 3.63) is 42.7 Å². The van der Waals surface area contributed by atoms with Gasteiger partial charge in [0, 0.05) is 18.3 Å². The van der Waals surface area contributed by atoms with E-state index in [2.05, 4.69) is 11.6 Å². The minimum absolute atomic E-state index is 0.112. The maximum Gasteiger partial charge on any atom is 0.0889 e. The molecule has 0 aliphatic rings. The van der Waals surface area contributed by atoms with Gasteiger partial charge in [0.1, 0.15) is 0 Å². The van der Waals surface area contributed by atoms with Gasteiger partial charge in [-0.25, -0.2) is 0 Å². The van der Waals surface area contributed by atoms with Crippen molar-refractivity contribution in [3.63, 3.8) is 0 Å². The molecule has 0 saturated heterocycles. The van der Waals surface area contributed by atoms with Crippen molar-refractivity contribution >= 4 is 0 Å². The predicted octanol–water partition coefficient (Wildman–Crippen LogP) is 0.909. The standard InChI is InChI=1S/C10H13NO2/c1-2-8(7-12)10(13)9-4-3-5-11-6-9/h2-6,8,10,12-13H,1,7H2/t8-,10-/m0/s1. The van der Waals surface area contributed by atoms with Gasteiger partial charge in [0.15, 0.2) is 0 Å². The molecule has 1 aromatic heterocycles. The summed E-state index contributed by atoms with van der Waals surface area (Å²) in [6, 6.07) is 3.51. The van der Waals surface area contributed by atoms with Gasteiger partial charge in [-0.2, -0.15) is 0 Å². The fraction of sp³-hybridized carbons (Fsp3) is 0.300. The first-order valence-corrected chi connectivity index (χ1v) is 4.11. The van der Waals surface area contributed by atoms with Gasteiger partial charge < -0.3 is 10.2 Å². The van der Waals surface area contributed by atoms with Gasteiger partial charge in [-0.15, -0.1) is 6.58 Å². The first-order chi connectivity index (χ1) is 6.29. The van der Waals surface area contributed by atoms with Gasteiger partial charge in [0.25, 0.3) is 0 Å². The molecular weight excluding hydrogens is 166 g/mol. The molecule has 70 valence electrons. The molecule has 0 aliphatic heterocycles. The van der Waals surface area contributed by atoms with Crippen LogP contribution in [0.15, 0.2) is 37.2 Å². The molecule has 2 atom stereocenters. The molecule has 3 nitrogen and oxygen atoms in total. The van der Waals surface area contributed by atoms with E-state index in [0.717, 1.165) is 0 Å². The molecule has 0 saturated carbocycles. The van der Waals surface area contributed by atoms with Crippen LogP contribution in [-0.4, -0.2) is 21.8 Å². The molecule has 1 aromatic rings. The molecule has 1 rings (SSSR count). The molecule has 0 radical (unpaired) electrons. The van der Waals surface area contributed by atoms with Crippen LogP contribution in [0.1, 0.15) is 11.7 Å². The molecule has 0 fully saturated rings. The maximum atomic E-state index is 9.71. The normalized spacial score (nSPS) is 14.9. The van der Waals surface area contributed by atoms with Crippen molar-refractivity contribution in [1.29, 1.82) is 0 Å². The summed E-state index contributed by atoms with van der Waals surface area (Å²) < 4.78 is 0. The van der Waals surface area contributed by atoms with Gasteiger partial charge in [0.05, 0.1) is 12.7 Å². The lowest BCUT2D eigenvalue weighted by Crippen LogP contribution is -2.14. The quantitative estimate of drug-likeness (QED) is 0.675. The summed E-state index contributed by atoms with van der Waals surface area (Å²) in [5.74, 6) is -0.329. The molecule has 0 bridgehead atoms. The van der Waals surface area contributed by atoms with E-state index in [-0.39, 0.29) is 12.5 Å². The summed E-state index contributed by atoms with van der Waals surface area (Å²) >= 11 is 0. The Bertz CT molecular complexity index is 261. The number of rotatable bonds is 4. The number of hydrogen-bond acceptors (Lipinski definition) is 3. The van der Waals surface area contributed by atoms with E-state index in [4.69, 9.17) is 5.11 Å². The third-order valence-corrected chi connectivity index (χ3v) is 1.95. The van der Waals surface area contributed by atoms with E-state index in [1.54, 1.807) is 24.5 Å². The number of aromatic nitrogens is 1. The van der Waals surface area contributed by atoms with Gasteiger partial charge in [0.2, 0.25) is 0 Å². The van der Waals surface area contributed by atoms with E-state index in [1.165, 1.54) is 6.08 Å². The molecule has 0 unspecified atom stereocenters. The Hall–Kier alpha value is -1.19. The molecule has 0 amide bonds. The average molecular weight is 179 g/mol. The molecule has 0 spiro atoms. The van der Waals surface area contributed by atoms with E-state index in [9.17, 15) is 5.11 Å². The minimum Gasteiger partial charge on any atom is -0.396 e. The summed E-state index contributed by atoms with van der Waals surface area (Å²) in [4.78, 5) is 3.88. The second kappa shape index (κ2) is 4.74. The topological polar surface area (TPSA) is 53.4 Å². The highest BCUT2D eigenvalue weighted by atomic mass is 16.3.